The molecule has 12 N–H and O–H groups in total. The van der Waals surface area contributed by atoms with Crippen molar-refractivity contribution >= 4 is 5.91 Å². The molecular formula is C84H161NO18. The molecule has 0 aromatic heterocycles. The number of rotatable bonds is 71. The number of aliphatic hydroxyl groups excluding tert-OH is 11. The van der Waals surface area contributed by atoms with E-state index in [1.54, 1.807) is 6.08 Å². The van der Waals surface area contributed by atoms with Crippen molar-refractivity contribution in [2.45, 2.75) is 491 Å². The number of hydrogen-bond donors (Lipinski definition) is 12. The van der Waals surface area contributed by atoms with Crippen molar-refractivity contribution in [3.63, 3.8) is 0 Å². The van der Waals surface area contributed by atoms with Crippen LogP contribution in [0.15, 0.2) is 12.2 Å². The molecule has 103 heavy (non-hydrogen) atoms. The first-order valence-electron chi connectivity index (χ1n) is 43.4. The Morgan fingerprint density at radius 1 is 0.340 bits per heavy atom. The average molecular weight is 1470 g/mol. The van der Waals surface area contributed by atoms with Gasteiger partial charge in [0.15, 0.2) is 18.9 Å². The molecular weight excluding hydrogens is 1310 g/mol. The van der Waals surface area contributed by atoms with Gasteiger partial charge in [0.25, 0.3) is 0 Å². The zero-order valence-electron chi connectivity index (χ0n) is 65.6. The lowest BCUT2D eigenvalue weighted by Gasteiger charge is -2.48. The van der Waals surface area contributed by atoms with Crippen LogP contribution >= 0.6 is 0 Å². The van der Waals surface area contributed by atoms with E-state index in [2.05, 4.69) is 19.2 Å². The number of hydrogen-bond acceptors (Lipinski definition) is 18. The van der Waals surface area contributed by atoms with Crippen molar-refractivity contribution in [1.82, 2.24) is 5.32 Å². The third kappa shape index (κ3) is 44.8. The number of carbonyl (C=O) groups is 1. The van der Waals surface area contributed by atoms with Crippen LogP contribution in [0.5, 0.6) is 0 Å². The lowest BCUT2D eigenvalue weighted by atomic mass is 9.96. The number of allylic oxidation sites excluding steroid dienone is 1. The normalized spacial score (nSPS) is 26.0. The molecule has 3 saturated heterocycles. The molecule has 17 unspecified atom stereocenters. The van der Waals surface area contributed by atoms with Crippen LogP contribution in [0.4, 0.5) is 0 Å². The molecule has 3 heterocycles. The Balaban J connectivity index is 1.33. The maximum absolute atomic E-state index is 13.5. The summed E-state index contributed by atoms with van der Waals surface area (Å²) in [6, 6.07) is -0.971. The maximum atomic E-state index is 13.5. The Morgan fingerprint density at radius 2 is 0.602 bits per heavy atom. The van der Waals surface area contributed by atoms with E-state index in [-0.39, 0.29) is 18.9 Å². The van der Waals surface area contributed by atoms with Gasteiger partial charge in [-0.3, -0.25) is 4.79 Å². The summed E-state index contributed by atoms with van der Waals surface area (Å²) in [7, 11) is 0. The van der Waals surface area contributed by atoms with Gasteiger partial charge in [-0.15, -0.1) is 0 Å². The first-order valence-corrected chi connectivity index (χ1v) is 43.4. The Bertz CT molecular complexity index is 1910. The lowest BCUT2D eigenvalue weighted by Crippen LogP contribution is -2.66. The first-order chi connectivity index (χ1) is 50.3. The predicted molar refractivity (Wildman–Crippen MR) is 411 cm³/mol. The van der Waals surface area contributed by atoms with E-state index < -0.39 is 124 Å². The van der Waals surface area contributed by atoms with Gasteiger partial charge in [0.2, 0.25) is 5.91 Å². The molecule has 17 atom stereocenters. The minimum Gasteiger partial charge on any atom is -0.394 e. The molecule has 3 aliphatic rings. The van der Waals surface area contributed by atoms with Crippen LogP contribution in [0.1, 0.15) is 386 Å². The van der Waals surface area contributed by atoms with Crippen molar-refractivity contribution < 1.29 is 89.4 Å². The van der Waals surface area contributed by atoms with Crippen LogP contribution in [-0.4, -0.2) is 193 Å². The molecule has 610 valence electrons. The largest absolute Gasteiger partial charge is 0.394 e. The molecule has 1 amide bonds. The number of amides is 1. The van der Waals surface area contributed by atoms with Gasteiger partial charge in [0.1, 0.15) is 73.2 Å². The molecule has 3 fully saturated rings. The third-order valence-electron chi connectivity index (χ3n) is 22.1. The molecule has 0 spiro atoms. The summed E-state index contributed by atoms with van der Waals surface area (Å²) in [5.41, 5.74) is 0. The molecule has 0 aromatic rings. The fourth-order valence-electron chi connectivity index (χ4n) is 15.1. The molecule has 3 rings (SSSR count). The zero-order valence-corrected chi connectivity index (χ0v) is 65.6. The molecule has 0 bridgehead atoms. The fraction of sp³-hybridized carbons (Fsp3) is 0.964. The first kappa shape index (κ1) is 95.7. The SMILES string of the molecule is CCCCCCCCCCCCCCCCCCCCCCCC/C=C/C(O)C(COC1OC(CO)C(OC2OC(CO)C(OC3OC(CO)C(O)C(O)C3O)C(O)C2O)C(O)C1O)NC(=O)CCCCCCCCCCCCCCCCCCCCCCCCCCCCCCCCCCCC. The van der Waals surface area contributed by atoms with Crippen molar-refractivity contribution in [1.29, 1.82) is 0 Å². The van der Waals surface area contributed by atoms with E-state index in [9.17, 15) is 61.0 Å². The Hall–Kier alpha value is -1.47. The molecule has 19 heteroatoms. The van der Waals surface area contributed by atoms with Crippen LogP contribution < -0.4 is 5.32 Å². The summed E-state index contributed by atoms with van der Waals surface area (Å²) < 4.78 is 34.5. The highest BCUT2D eigenvalue weighted by atomic mass is 16.8. The van der Waals surface area contributed by atoms with Gasteiger partial charge in [-0.25, -0.2) is 0 Å². The second-order valence-electron chi connectivity index (χ2n) is 31.4. The molecule has 0 aromatic carbocycles. The Kier molecular flexibility index (Phi) is 60.7. The minimum atomic E-state index is -1.98. The van der Waals surface area contributed by atoms with E-state index >= 15 is 0 Å². The number of carbonyl (C=O) groups excluding carboxylic acids is 1. The van der Waals surface area contributed by atoms with Crippen molar-refractivity contribution in [3.8, 4) is 0 Å². The van der Waals surface area contributed by atoms with Gasteiger partial charge in [-0.05, 0) is 19.3 Å². The van der Waals surface area contributed by atoms with Gasteiger partial charge in [-0.2, -0.15) is 0 Å². The standard InChI is InChI=1S/C84H161NO18/c1-3-5-7-9-11-13-15-17-19-21-23-25-27-29-30-31-32-33-34-35-36-37-38-40-42-44-46-48-50-52-54-56-58-60-62-72(90)85-67(68(89)61-59-57-55-53-51-49-47-45-43-41-39-28-26-24-22-20-18-16-14-12-10-8-6-4-2)66-98-82-78(96)75(93)80(70(64-87)100-82)103-84-79(97)76(94)81(71(65-88)101-84)102-83-77(95)74(92)73(91)69(63-86)99-83/h59,61,67-71,73-84,86-89,91-97H,3-58,60,62-66H2,1-2H3,(H,85,90)/b61-59+. The van der Waals surface area contributed by atoms with Crippen molar-refractivity contribution in [2.24, 2.45) is 0 Å². The van der Waals surface area contributed by atoms with Crippen molar-refractivity contribution in [3.05, 3.63) is 12.2 Å². The lowest BCUT2D eigenvalue weighted by molar-refractivity contribution is -0.379. The second-order valence-corrected chi connectivity index (χ2v) is 31.4. The summed E-state index contributed by atoms with van der Waals surface area (Å²) in [6.07, 6.45) is 52.2. The fourth-order valence-corrected chi connectivity index (χ4v) is 15.1. The molecule has 0 saturated carbocycles. The summed E-state index contributed by atoms with van der Waals surface area (Å²) >= 11 is 0. The third-order valence-corrected chi connectivity index (χ3v) is 22.1. The highest BCUT2D eigenvalue weighted by Gasteiger charge is 2.54. The predicted octanol–water partition coefficient (Wildman–Crippen LogP) is 15.5. The van der Waals surface area contributed by atoms with E-state index in [1.807, 2.05) is 6.08 Å². The van der Waals surface area contributed by atoms with E-state index in [0.717, 1.165) is 44.9 Å². The molecule has 19 nitrogen and oxygen atoms in total. The van der Waals surface area contributed by atoms with Gasteiger partial charge in [0.05, 0.1) is 38.6 Å². The molecule has 0 aliphatic carbocycles. The van der Waals surface area contributed by atoms with E-state index in [0.29, 0.717) is 6.42 Å². The quantitative estimate of drug-likeness (QED) is 0.0199. The van der Waals surface area contributed by atoms with Crippen LogP contribution in [0, 0.1) is 0 Å². The zero-order chi connectivity index (χ0) is 74.6. The van der Waals surface area contributed by atoms with Crippen LogP contribution in [0.2, 0.25) is 0 Å². The Labute approximate surface area is 626 Å². The van der Waals surface area contributed by atoms with Gasteiger partial charge in [0, 0.05) is 6.42 Å². The van der Waals surface area contributed by atoms with Crippen molar-refractivity contribution in [2.75, 3.05) is 26.4 Å². The molecule has 3 aliphatic heterocycles. The van der Waals surface area contributed by atoms with Crippen LogP contribution in [-0.2, 0) is 33.2 Å². The average Bonchev–Trinajstić information content (AvgIpc) is 0.780. The monoisotopic (exact) mass is 1470 g/mol. The van der Waals surface area contributed by atoms with Gasteiger partial charge >= 0.3 is 0 Å². The summed E-state index contributed by atoms with van der Waals surface area (Å²) in [5.74, 6) is -0.265. The number of aliphatic hydroxyl groups is 11. The highest BCUT2D eigenvalue weighted by Crippen LogP contribution is 2.34. The molecule has 0 radical (unpaired) electrons. The number of unbranched alkanes of at least 4 members (excludes halogenated alkanes) is 55. The van der Waals surface area contributed by atoms with Gasteiger partial charge in [-0.1, -0.05) is 373 Å². The highest BCUT2D eigenvalue weighted by molar-refractivity contribution is 5.76. The topological polar surface area (TPSA) is 307 Å². The van der Waals surface area contributed by atoms with Crippen LogP contribution in [0.3, 0.4) is 0 Å². The Morgan fingerprint density at radius 3 is 0.913 bits per heavy atom. The second kappa shape index (κ2) is 65.3. The number of nitrogens with one attached hydrogen (secondary N) is 1. The van der Waals surface area contributed by atoms with Crippen LogP contribution in [0.25, 0.3) is 0 Å². The summed E-state index contributed by atoms with van der Waals surface area (Å²) in [5, 5.41) is 121. The summed E-state index contributed by atoms with van der Waals surface area (Å²) in [6.45, 7) is 1.81. The smallest absolute Gasteiger partial charge is 0.220 e. The van der Waals surface area contributed by atoms with E-state index in [1.165, 1.54) is 315 Å². The summed E-state index contributed by atoms with van der Waals surface area (Å²) in [4.78, 5) is 13.5. The minimum absolute atomic E-state index is 0.250. The van der Waals surface area contributed by atoms with Gasteiger partial charge < -0.3 is 89.9 Å². The van der Waals surface area contributed by atoms with E-state index in [4.69, 9.17) is 28.4 Å². The maximum Gasteiger partial charge on any atom is 0.220 e. The number of ether oxygens (including phenoxy) is 6.